The summed E-state index contributed by atoms with van der Waals surface area (Å²) in [6.45, 7) is 3.02. The molecule has 1 amide bonds. The summed E-state index contributed by atoms with van der Waals surface area (Å²) in [5, 5.41) is 4.13. The maximum atomic E-state index is 13.2. The topological polar surface area (TPSA) is 55.6 Å². The number of rotatable bonds is 5. The van der Waals surface area contributed by atoms with E-state index in [1.165, 1.54) is 12.1 Å². The number of aryl methyl sites for hydroxylation is 1. The molecule has 5 nitrogen and oxygen atoms in total. The monoisotopic (exact) mass is 380 g/mol. The predicted octanol–water partition coefficient (Wildman–Crippen LogP) is 4.01. The van der Waals surface area contributed by atoms with Gasteiger partial charge in [0.1, 0.15) is 11.6 Å². The summed E-state index contributed by atoms with van der Waals surface area (Å²) in [6, 6.07) is 13.8. The van der Waals surface area contributed by atoms with Gasteiger partial charge >= 0.3 is 0 Å². The van der Waals surface area contributed by atoms with Gasteiger partial charge in [0.2, 0.25) is 0 Å². The Morgan fingerprint density at radius 2 is 2.00 bits per heavy atom. The largest absolute Gasteiger partial charge is 0.483 e. The van der Waals surface area contributed by atoms with Crippen LogP contribution in [0.3, 0.4) is 0 Å². The Kier molecular flexibility index (Phi) is 5.10. The average molecular weight is 380 g/mol. The highest BCUT2D eigenvalue weighted by atomic mass is 19.1. The SMILES string of the molecule is CCc1ccccc1OCC(=O)N1CCc2noc(-c3ccc(F)cc3)c2C1. The van der Waals surface area contributed by atoms with Crippen LogP contribution in [0.15, 0.2) is 53.1 Å². The van der Waals surface area contributed by atoms with Crippen LogP contribution in [0.4, 0.5) is 4.39 Å². The Balaban J connectivity index is 1.47. The van der Waals surface area contributed by atoms with Crippen molar-refractivity contribution in [3.63, 3.8) is 0 Å². The van der Waals surface area contributed by atoms with E-state index in [-0.39, 0.29) is 18.3 Å². The van der Waals surface area contributed by atoms with Gasteiger partial charge in [-0.3, -0.25) is 4.79 Å². The van der Waals surface area contributed by atoms with Gasteiger partial charge in [0.05, 0.1) is 12.2 Å². The zero-order chi connectivity index (χ0) is 19.5. The number of ether oxygens (including phenoxy) is 1. The van der Waals surface area contributed by atoms with Crippen molar-refractivity contribution in [3.05, 3.63) is 71.2 Å². The smallest absolute Gasteiger partial charge is 0.260 e. The molecule has 0 unspecified atom stereocenters. The van der Waals surface area contributed by atoms with E-state index < -0.39 is 0 Å². The van der Waals surface area contributed by atoms with Gasteiger partial charge in [-0.25, -0.2) is 4.39 Å². The van der Waals surface area contributed by atoms with E-state index in [1.807, 2.05) is 24.3 Å². The number of benzene rings is 2. The van der Waals surface area contributed by atoms with E-state index in [4.69, 9.17) is 9.26 Å². The van der Waals surface area contributed by atoms with Crippen molar-refractivity contribution >= 4 is 5.91 Å². The molecule has 28 heavy (non-hydrogen) atoms. The number of carbonyl (C=O) groups excluding carboxylic acids is 1. The van der Waals surface area contributed by atoms with Gasteiger partial charge in [-0.05, 0) is 42.3 Å². The number of para-hydroxylation sites is 1. The highest BCUT2D eigenvalue weighted by molar-refractivity contribution is 5.78. The minimum Gasteiger partial charge on any atom is -0.483 e. The number of carbonyl (C=O) groups is 1. The first-order valence-corrected chi connectivity index (χ1v) is 9.37. The number of nitrogens with zero attached hydrogens (tertiary/aromatic N) is 2. The molecule has 0 N–H and O–H groups in total. The lowest BCUT2D eigenvalue weighted by molar-refractivity contribution is -0.134. The zero-order valence-corrected chi connectivity index (χ0v) is 15.7. The lowest BCUT2D eigenvalue weighted by Gasteiger charge is -2.26. The Hall–Kier alpha value is -3.15. The van der Waals surface area contributed by atoms with E-state index in [1.54, 1.807) is 17.0 Å². The first kappa shape index (κ1) is 18.2. The second-order valence-corrected chi connectivity index (χ2v) is 6.76. The molecule has 1 aliphatic rings. The van der Waals surface area contributed by atoms with Crippen molar-refractivity contribution in [3.8, 4) is 17.1 Å². The molecule has 0 fully saturated rings. The van der Waals surface area contributed by atoms with Gasteiger partial charge in [-0.1, -0.05) is 30.3 Å². The normalized spacial score (nSPS) is 13.3. The fourth-order valence-electron chi connectivity index (χ4n) is 3.42. The standard InChI is InChI=1S/C22H21FN2O3/c1-2-15-5-3-4-6-20(15)27-14-21(26)25-12-11-19-18(13-25)22(28-24-19)16-7-9-17(23)10-8-16/h3-10H,2,11-14H2,1H3. The fourth-order valence-corrected chi connectivity index (χ4v) is 3.42. The third-order valence-corrected chi connectivity index (χ3v) is 5.00. The van der Waals surface area contributed by atoms with Gasteiger partial charge < -0.3 is 14.2 Å². The number of halogens is 1. The molecule has 0 aliphatic carbocycles. The summed E-state index contributed by atoms with van der Waals surface area (Å²) in [4.78, 5) is 14.4. The second-order valence-electron chi connectivity index (χ2n) is 6.76. The van der Waals surface area contributed by atoms with Crippen molar-refractivity contribution in [1.29, 1.82) is 0 Å². The summed E-state index contributed by atoms with van der Waals surface area (Å²) < 4.78 is 24.5. The molecule has 144 valence electrons. The van der Waals surface area contributed by atoms with E-state index in [0.29, 0.717) is 25.3 Å². The molecule has 0 radical (unpaired) electrons. The lowest BCUT2D eigenvalue weighted by Crippen LogP contribution is -2.38. The molecule has 0 saturated carbocycles. The minimum absolute atomic E-state index is 0.0104. The Labute approximate surface area is 162 Å². The molecule has 3 aromatic rings. The van der Waals surface area contributed by atoms with Crippen molar-refractivity contribution in [2.45, 2.75) is 26.3 Å². The molecule has 0 saturated heterocycles. The number of hydrogen-bond acceptors (Lipinski definition) is 4. The Morgan fingerprint density at radius 3 is 2.79 bits per heavy atom. The van der Waals surface area contributed by atoms with Gasteiger partial charge in [0.15, 0.2) is 12.4 Å². The fraction of sp³-hybridized carbons (Fsp3) is 0.273. The van der Waals surface area contributed by atoms with Crippen molar-refractivity contribution < 1.29 is 18.4 Å². The highest BCUT2D eigenvalue weighted by Crippen LogP contribution is 2.30. The van der Waals surface area contributed by atoms with Crippen LogP contribution in [0.2, 0.25) is 0 Å². The number of aromatic nitrogens is 1. The zero-order valence-electron chi connectivity index (χ0n) is 15.7. The van der Waals surface area contributed by atoms with Crippen molar-refractivity contribution in [1.82, 2.24) is 10.1 Å². The highest BCUT2D eigenvalue weighted by Gasteiger charge is 2.27. The molecule has 0 bridgehead atoms. The molecular formula is C22H21FN2O3. The van der Waals surface area contributed by atoms with Crippen molar-refractivity contribution in [2.24, 2.45) is 0 Å². The summed E-state index contributed by atoms with van der Waals surface area (Å²) in [6.07, 6.45) is 1.47. The van der Waals surface area contributed by atoms with E-state index in [9.17, 15) is 9.18 Å². The molecule has 2 aromatic carbocycles. The number of amides is 1. The summed E-state index contributed by atoms with van der Waals surface area (Å²) in [5.41, 5.74) is 3.55. The molecule has 0 atom stereocenters. The summed E-state index contributed by atoms with van der Waals surface area (Å²) in [5.74, 6) is 0.944. The van der Waals surface area contributed by atoms with E-state index >= 15 is 0 Å². The van der Waals surface area contributed by atoms with Gasteiger partial charge in [-0.15, -0.1) is 0 Å². The van der Waals surface area contributed by atoms with E-state index in [2.05, 4.69) is 12.1 Å². The molecule has 2 heterocycles. The second kappa shape index (κ2) is 7.84. The third kappa shape index (κ3) is 3.63. The molecule has 1 aromatic heterocycles. The van der Waals surface area contributed by atoms with Gasteiger partial charge in [-0.2, -0.15) is 0 Å². The Bertz CT molecular complexity index is 982. The van der Waals surface area contributed by atoms with Crippen molar-refractivity contribution in [2.75, 3.05) is 13.2 Å². The van der Waals surface area contributed by atoms with Crippen LogP contribution < -0.4 is 4.74 Å². The quantitative estimate of drug-likeness (QED) is 0.671. The van der Waals surface area contributed by atoms with Gasteiger partial charge in [0, 0.05) is 24.1 Å². The van der Waals surface area contributed by atoms with Crippen LogP contribution in [0.25, 0.3) is 11.3 Å². The lowest BCUT2D eigenvalue weighted by atomic mass is 10.0. The molecule has 0 spiro atoms. The summed E-state index contributed by atoms with van der Waals surface area (Å²) in [7, 11) is 0. The number of hydrogen-bond donors (Lipinski definition) is 0. The van der Waals surface area contributed by atoms with Gasteiger partial charge in [0.25, 0.3) is 5.91 Å². The van der Waals surface area contributed by atoms with Crippen LogP contribution in [0.1, 0.15) is 23.7 Å². The molecule has 1 aliphatic heterocycles. The number of fused-ring (bicyclic) bond motifs is 1. The molecular weight excluding hydrogens is 359 g/mol. The first-order valence-electron chi connectivity index (χ1n) is 9.37. The van der Waals surface area contributed by atoms with E-state index in [0.717, 1.165) is 34.6 Å². The Morgan fingerprint density at radius 1 is 1.21 bits per heavy atom. The molecule has 4 rings (SSSR count). The maximum absolute atomic E-state index is 13.2. The van der Waals surface area contributed by atoms with Crippen LogP contribution in [-0.4, -0.2) is 29.1 Å². The van der Waals surface area contributed by atoms with Crippen LogP contribution >= 0.6 is 0 Å². The molecule has 6 heteroatoms. The predicted molar refractivity (Wildman–Crippen MR) is 102 cm³/mol. The minimum atomic E-state index is -0.307. The third-order valence-electron chi connectivity index (χ3n) is 5.00. The van der Waals surface area contributed by atoms with Crippen LogP contribution in [-0.2, 0) is 24.2 Å². The van der Waals surface area contributed by atoms with Crippen LogP contribution in [0, 0.1) is 5.82 Å². The van der Waals surface area contributed by atoms with Crippen LogP contribution in [0.5, 0.6) is 5.75 Å². The maximum Gasteiger partial charge on any atom is 0.260 e. The first-order chi connectivity index (χ1) is 13.7. The summed E-state index contributed by atoms with van der Waals surface area (Å²) >= 11 is 0. The average Bonchev–Trinajstić information content (AvgIpc) is 3.16.